The van der Waals surface area contributed by atoms with Crippen molar-refractivity contribution in [3.63, 3.8) is 0 Å². The first-order valence-corrected chi connectivity index (χ1v) is 12.1. The fourth-order valence-electron chi connectivity index (χ4n) is 4.54. The van der Waals surface area contributed by atoms with Gasteiger partial charge < -0.3 is 29.5 Å². The van der Waals surface area contributed by atoms with Crippen molar-refractivity contribution in [2.45, 2.75) is 52.6 Å². The number of hydrogen-bond acceptors (Lipinski definition) is 7. The number of hydrogen-bond donors (Lipinski definition) is 2. The number of anilines is 2. The second-order valence-corrected chi connectivity index (χ2v) is 10.1. The van der Waals surface area contributed by atoms with Gasteiger partial charge in [0.1, 0.15) is 17.1 Å². The second kappa shape index (κ2) is 9.64. The van der Waals surface area contributed by atoms with Crippen LogP contribution in [0.15, 0.2) is 30.5 Å². The minimum atomic E-state index is -0.323. The number of fused-ring (bicyclic) bond motifs is 1. The zero-order chi connectivity index (χ0) is 25.3. The molecule has 0 saturated carbocycles. The topological polar surface area (TPSA) is 95.8 Å². The highest BCUT2D eigenvalue weighted by atomic mass is 16.5. The standard InChI is InChI=1S/C26H36N6O3/c1-17(2)32-16-21-22(24(32)34)27-25(31-13-11-30(12-14-31)18(3)33)28-23(21)29-26(4,5)15-19-7-9-20(35-6)10-8-19/h7-10,16-17,34H,11-15H2,1-6H3,(H,27,28,29). The van der Waals surface area contributed by atoms with Crippen LogP contribution in [0, 0.1) is 0 Å². The van der Waals surface area contributed by atoms with E-state index in [9.17, 15) is 9.90 Å². The molecule has 0 unspecified atom stereocenters. The van der Waals surface area contributed by atoms with Crippen LogP contribution in [0.1, 0.15) is 46.2 Å². The van der Waals surface area contributed by atoms with Gasteiger partial charge in [0.2, 0.25) is 17.7 Å². The van der Waals surface area contributed by atoms with Crippen LogP contribution >= 0.6 is 0 Å². The van der Waals surface area contributed by atoms with Crippen LogP contribution in [0.3, 0.4) is 0 Å². The third-order valence-corrected chi connectivity index (χ3v) is 6.48. The van der Waals surface area contributed by atoms with Gasteiger partial charge >= 0.3 is 0 Å². The summed E-state index contributed by atoms with van der Waals surface area (Å²) in [4.78, 5) is 25.3. The Morgan fingerprint density at radius 3 is 2.37 bits per heavy atom. The van der Waals surface area contributed by atoms with Crippen molar-refractivity contribution in [1.29, 1.82) is 0 Å². The lowest BCUT2D eigenvalue weighted by Gasteiger charge is -2.34. The highest BCUT2D eigenvalue weighted by molar-refractivity contribution is 5.94. The maximum Gasteiger partial charge on any atom is 0.228 e. The van der Waals surface area contributed by atoms with E-state index in [1.165, 1.54) is 5.56 Å². The smallest absolute Gasteiger partial charge is 0.228 e. The van der Waals surface area contributed by atoms with Crippen molar-refractivity contribution in [3.8, 4) is 11.6 Å². The largest absolute Gasteiger partial charge is 0.497 e. The van der Waals surface area contributed by atoms with Crippen LogP contribution < -0.4 is 15.0 Å². The number of carbonyl (C=O) groups is 1. The van der Waals surface area contributed by atoms with Gasteiger partial charge in [-0.15, -0.1) is 0 Å². The Morgan fingerprint density at radius 2 is 1.80 bits per heavy atom. The van der Waals surface area contributed by atoms with Crippen molar-refractivity contribution in [1.82, 2.24) is 19.4 Å². The van der Waals surface area contributed by atoms with Gasteiger partial charge in [0, 0.05) is 50.9 Å². The maximum atomic E-state index is 11.7. The fraction of sp³-hybridized carbons (Fsp3) is 0.500. The summed E-state index contributed by atoms with van der Waals surface area (Å²) in [5, 5.41) is 15.4. The SMILES string of the molecule is COc1ccc(CC(C)(C)Nc2nc(N3CCN(C(C)=O)CC3)nc3c(O)n(C(C)C)cc23)cc1. The Bertz CT molecular complexity index is 1190. The molecule has 35 heavy (non-hydrogen) atoms. The molecule has 188 valence electrons. The van der Waals surface area contributed by atoms with E-state index in [4.69, 9.17) is 14.7 Å². The monoisotopic (exact) mass is 480 g/mol. The minimum Gasteiger partial charge on any atom is -0.497 e. The van der Waals surface area contributed by atoms with E-state index in [-0.39, 0.29) is 23.4 Å². The molecule has 0 aliphatic carbocycles. The van der Waals surface area contributed by atoms with E-state index in [2.05, 4.69) is 36.2 Å². The van der Waals surface area contributed by atoms with Crippen LogP contribution in [-0.4, -0.2) is 69.3 Å². The summed E-state index contributed by atoms with van der Waals surface area (Å²) in [7, 11) is 1.66. The van der Waals surface area contributed by atoms with Crippen LogP contribution in [0.25, 0.3) is 10.9 Å². The molecule has 1 amide bonds. The molecular formula is C26H36N6O3. The number of carbonyl (C=O) groups excluding carboxylic acids is 1. The van der Waals surface area contributed by atoms with Gasteiger partial charge in [0.15, 0.2) is 0 Å². The Balaban J connectivity index is 1.67. The molecule has 0 atom stereocenters. The van der Waals surface area contributed by atoms with Crippen LogP contribution in [-0.2, 0) is 11.2 Å². The Labute approximate surface area is 206 Å². The Kier molecular flexibility index (Phi) is 6.78. The van der Waals surface area contributed by atoms with Crippen LogP contribution in [0.2, 0.25) is 0 Å². The van der Waals surface area contributed by atoms with Gasteiger partial charge in [-0.2, -0.15) is 4.98 Å². The van der Waals surface area contributed by atoms with Gasteiger partial charge in [-0.25, -0.2) is 4.98 Å². The zero-order valence-electron chi connectivity index (χ0n) is 21.5. The number of rotatable bonds is 7. The summed E-state index contributed by atoms with van der Waals surface area (Å²) >= 11 is 0. The van der Waals surface area contributed by atoms with E-state index >= 15 is 0 Å². The molecular weight excluding hydrogens is 444 g/mol. The number of nitrogens with one attached hydrogen (secondary N) is 1. The molecule has 1 fully saturated rings. The number of aromatic nitrogens is 3. The first-order chi connectivity index (χ1) is 16.6. The maximum absolute atomic E-state index is 11.7. The van der Waals surface area contributed by atoms with E-state index < -0.39 is 0 Å². The average molecular weight is 481 g/mol. The number of nitrogens with zero attached hydrogens (tertiary/aromatic N) is 5. The molecule has 3 heterocycles. The number of ether oxygens (including phenoxy) is 1. The average Bonchev–Trinajstić information content (AvgIpc) is 3.16. The van der Waals surface area contributed by atoms with Gasteiger partial charge in [-0.3, -0.25) is 4.79 Å². The summed E-state index contributed by atoms with van der Waals surface area (Å²) in [6, 6.07) is 8.14. The molecule has 1 aromatic carbocycles. The molecule has 0 bridgehead atoms. The number of piperazine rings is 1. The summed E-state index contributed by atoms with van der Waals surface area (Å²) in [5.41, 5.74) is 1.38. The molecule has 1 aliphatic rings. The Hall–Kier alpha value is -3.49. The summed E-state index contributed by atoms with van der Waals surface area (Å²) < 4.78 is 7.10. The van der Waals surface area contributed by atoms with Crippen molar-refractivity contribution in [2.75, 3.05) is 43.5 Å². The quantitative estimate of drug-likeness (QED) is 0.531. The van der Waals surface area contributed by atoms with E-state index in [0.29, 0.717) is 43.5 Å². The highest BCUT2D eigenvalue weighted by Gasteiger charge is 2.27. The predicted octanol–water partition coefficient (Wildman–Crippen LogP) is 3.83. The van der Waals surface area contributed by atoms with Gasteiger partial charge in [0.05, 0.1) is 12.5 Å². The molecule has 0 radical (unpaired) electrons. The third kappa shape index (κ3) is 5.28. The molecule has 1 aliphatic heterocycles. The molecule has 0 spiro atoms. The molecule has 9 nitrogen and oxygen atoms in total. The number of amides is 1. The fourth-order valence-corrected chi connectivity index (χ4v) is 4.54. The van der Waals surface area contributed by atoms with E-state index in [1.54, 1.807) is 14.0 Å². The molecule has 4 rings (SSSR count). The highest BCUT2D eigenvalue weighted by Crippen LogP contribution is 2.35. The minimum absolute atomic E-state index is 0.0759. The lowest BCUT2D eigenvalue weighted by Crippen LogP contribution is -2.48. The molecule has 1 saturated heterocycles. The van der Waals surface area contributed by atoms with Crippen molar-refractivity contribution in [3.05, 3.63) is 36.0 Å². The second-order valence-electron chi connectivity index (χ2n) is 10.1. The molecule has 2 N–H and O–H groups in total. The molecule has 3 aromatic rings. The Morgan fingerprint density at radius 1 is 1.14 bits per heavy atom. The molecule has 9 heteroatoms. The van der Waals surface area contributed by atoms with Crippen molar-refractivity contribution < 1.29 is 14.6 Å². The molecule has 2 aromatic heterocycles. The normalized spacial score (nSPS) is 14.6. The third-order valence-electron chi connectivity index (χ3n) is 6.48. The lowest BCUT2D eigenvalue weighted by molar-refractivity contribution is -0.129. The summed E-state index contributed by atoms with van der Waals surface area (Å²) in [6.45, 7) is 12.5. The number of benzene rings is 1. The van der Waals surface area contributed by atoms with Crippen molar-refractivity contribution >= 4 is 28.6 Å². The van der Waals surface area contributed by atoms with E-state index in [0.717, 1.165) is 17.6 Å². The van der Waals surface area contributed by atoms with Gasteiger partial charge in [-0.05, 0) is 51.8 Å². The summed E-state index contributed by atoms with van der Waals surface area (Å²) in [6.07, 6.45) is 2.69. The summed E-state index contributed by atoms with van der Waals surface area (Å²) in [5.74, 6) is 2.29. The van der Waals surface area contributed by atoms with Crippen LogP contribution in [0.5, 0.6) is 11.6 Å². The number of methoxy groups -OCH3 is 1. The first-order valence-electron chi connectivity index (χ1n) is 12.1. The lowest BCUT2D eigenvalue weighted by atomic mass is 9.94. The van der Waals surface area contributed by atoms with Crippen molar-refractivity contribution in [2.24, 2.45) is 0 Å². The predicted molar refractivity (Wildman–Crippen MR) is 138 cm³/mol. The van der Waals surface area contributed by atoms with Crippen LogP contribution in [0.4, 0.5) is 11.8 Å². The number of aromatic hydroxyl groups is 1. The van der Waals surface area contributed by atoms with Gasteiger partial charge in [-0.1, -0.05) is 12.1 Å². The van der Waals surface area contributed by atoms with Gasteiger partial charge in [0.25, 0.3) is 0 Å². The zero-order valence-corrected chi connectivity index (χ0v) is 21.5. The van der Waals surface area contributed by atoms with E-state index in [1.807, 2.05) is 41.6 Å². The first kappa shape index (κ1) is 24.6.